The minimum atomic E-state index is -0.412. The molecular weight excluding hydrogens is 319 g/mol. The van der Waals surface area contributed by atoms with E-state index in [-0.39, 0.29) is 6.54 Å². The molecule has 0 aliphatic heterocycles. The van der Waals surface area contributed by atoms with Crippen LogP contribution >= 0.6 is 0 Å². The summed E-state index contributed by atoms with van der Waals surface area (Å²) < 4.78 is 19.5. The predicted molar refractivity (Wildman–Crippen MR) is 96.0 cm³/mol. The molecule has 2 N–H and O–H groups in total. The number of aliphatic imine (C=N–C) groups is 1. The van der Waals surface area contributed by atoms with E-state index in [1.165, 1.54) is 11.6 Å². The second kappa shape index (κ2) is 9.28. The molecule has 0 radical (unpaired) electrons. The van der Waals surface area contributed by atoms with Crippen LogP contribution in [0.1, 0.15) is 16.7 Å². The van der Waals surface area contributed by atoms with E-state index in [1.807, 2.05) is 37.3 Å². The number of nitrogens with one attached hydrogen (secondary N) is 2. The molecule has 0 atom stereocenters. The van der Waals surface area contributed by atoms with Gasteiger partial charge in [-0.3, -0.25) is 4.99 Å². The van der Waals surface area contributed by atoms with E-state index in [0.717, 1.165) is 5.75 Å². The Hall–Kier alpha value is -3.07. The molecule has 0 fully saturated rings. The van der Waals surface area contributed by atoms with Gasteiger partial charge < -0.3 is 15.4 Å². The molecule has 0 unspecified atom stereocenters. The molecule has 2 aromatic rings. The zero-order chi connectivity index (χ0) is 18.1. The van der Waals surface area contributed by atoms with Crippen LogP contribution in [0.5, 0.6) is 5.75 Å². The van der Waals surface area contributed by atoms with Crippen molar-refractivity contribution in [1.29, 1.82) is 5.26 Å². The molecule has 2 aromatic carbocycles. The van der Waals surface area contributed by atoms with Gasteiger partial charge in [0, 0.05) is 19.2 Å². The Balaban J connectivity index is 1.75. The van der Waals surface area contributed by atoms with Crippen LogP contribution in [-0.4, -0.2) is 26.2 Å². The van der Waals surface area contributed by atoms with Crippen LogP contribution in [-0.2, 0) is 6.54 Å². The molecule has 0 aliphatic rings. The van der Waals surface area contributed by atoms with Crippen LogP contribution in [0.15, 0.2) is 47.5 Å². The monoisotopic (exact) mass is 340 g/mol. The van der Waals surface area contributed by atoms with Crippen molar-refractivity contribution >= 4 is 5.96 Å². The van der Waals surface area contributed by atoms with Gasteiger partial charge in [0.2, 0.25) is 0 Å². The summed E-state index contributed by atoms with van der Waals surface area (Å²) >= 11 is 0. The second-order valence-corrected chi connectivity index (χ2v) is 5.43. The lowest BCUT2D eigenvalue weighted by Gasteiger charge is -2.13. The molecule has 0 amide bonds. The average molecular weight is 340 g/mol. The third-order valence-corrected chi connectivity index (χ3v) is 3.54. The third kappa shape index (κ3) is 5.81. The van der Waals surface area contributed by atoms with E-state index in [4.69, 9.17) is 10.00 Å². The summed E-state index contributed by atoms with van der Waals surface area (Å²) in [6.45, 7) is 3.34. The quantitative estimate of drug-likeness (QED) is 0.482. The van der Waals surface area contributed by atoms with Crippen molar-refractivity contribution in [2.24, 2.45) is 4.99 Å². The summed E-state index contributed by atoms with van der Waals surface area (Å²) in [5, 5.41) is 14.9. The topological polar surface area (TPSA) is 69.4 Å². The van der Waals surface area contributed by atoms with Gasteiger partial charge in [0.05, 0.1) is 18.2 Å². The van der Waals surface area contributed by atoms with Crippen LogP contribution < -0.4 is 15.4 Å². The number of nitriles is 1. The highest BCUT2D eigenvalue weighted by Crippen LogP contribution is 2.11. The Morgan fingerprint density at radius 1 is 1.20 bits per heavy atom. The van der Waals surface area contributed by atoms with Gasteiger partial charge in [-0.15, -0.1) is 0 Å². The Labute approximate surface area is 147 Å². The summed E-state index contributed by atoms with van der Waals surface area (Å²) in [5.74, 6) is 0.955. The van der Waals surface area contributed by atoms with Gasteiger partial charge in [-0.1, -0.05) is 23.8 Å². The van der Waals surface area contributed by atoms with Gasteiger partial charge in [0.25, 0.3) is 0 Å². The number of ether oxygens (including phenoxy) is 1. The molecule has 0 saturated heterocycles. The number of aryl methyl sites for hydroxylation is 1. The molecule has 6 heteroatoms. The maximum Gasteiger partial charge on any atom is 0.191 e. The Bertz CT molecular complexity index is 766. The van der Waals surface area contributed by atoms with E-state index in [0.29, 0.717) is 30.2 Å². The van der Waals surface area contributed by atoms with Crippen LogP contribution in [0.4, 0.5) is 4.39 Å². The highest BCUT2D eigenvalue weighted by Gasteiger charge is 2.05. The number of guanidine groups is 1. The van der Waals surface area contributed by atoms with Crippen LogP contribution in [0.2, 0.25) is 0 Å². The van der Waals surface area contributed by atoms with Crippen molar-refractivity contribution in [2.75, 3.05) is 20.2 Å². The van der Waals surface area contributed by atoms with Crippen molar-refractivity contribution in [3.63, 3.8) is 0 Å². The maximum absolute atomic E-state index is 13.8. The minimum absolute atomic E-state index is 0.274. The van der Waals surface area contributed by atoms with Crippen molar-refractivity contribution in [2.45, 2.75) is 13.5 Å². The zero-order valence-corrected chi connectivity index (χ0v) is 14.3. The third-order valence-electron chi connectivity index (χ3n) is 3.54. The van der Waals surface area contributed by atoms with E-state index in [1.54, 1.807) is 19.2 Å². The highest BCUT2D eigenvalue weighted by atomic mass is 19.1. The number of rotatable bonds is 6. The van der Waals surface area contributed by atoms with Crippen molar-refractivity contribution < 1.29 is 9.13 Å². The number of hydrogen-bond acceptors (Lipinski definition) is 3. The Kier molecular flexibility index (Phi) is 6.78. The van der Waals surface area contributed by atoms with Crippen molar-refractivity contribution in [3.05, 3.63) is 65.0 Å². The number of benzene rings is 2. The number of hydrogen-bond donors (Lipinski definition) is 2. The van der Waals surface area contributed by atoms with Gasteiger partial charge in [0.15, 0.2) is 5.96 Å². The summed E-state index contributed by atoms with van der Waals surface area (Å²) in [6, 6.07) is 14.2. The van der Waals surface area contributed by atoms with Crippen LogP contribution in [0.25, 0.3) is 0 Å². The lowest BCUT2D eigenvalue weighted by Crippen LogP contribution is -2.39. The fourth-order valence-corrected chi connectivity index (χ4v) is 2.13. The van der Waals surface area contributed by atoms with Crippen LogP contribution in [0, 0.1) is 24.1 Å². The van der Waals surface area contributed by atoms with E-state index in [2.05, 4.69) is 15.6 Å². The standard InChI is InChI=1S/C19H21FN4O/c1-14-3-7-17(8-4-14)25-10-9-23-19(22-2)24-13-16-6-5-15(12-21)11-18(16)20/h3-8,11H,9-10,13H2,1-2H3,(H2,22,23,24). The average Bonchev–Trinajstić information content (AvgIpc) is 2.63. The summed E-state index contributed by atoms with van der Waals surface area (Å²) in [6.07, 6.45) is 0. The summed E-state index contributed by atoms with van der Waals surface area (Å²) in [7, 11) is 1.64. The van der Waals surface area contributed by atoms with Crippen molar-refractivity contribution in [3.8, 4) is 11.8 Å². The van der Waals surface area contributed by atoms with Gasteiger partial charge in [-0.2, -0.15) is 5.26 Å². The molecule has 0 aromatic heterocycles. The number of halogens is 1. The largest absolute Gasteiger partial charge is 0.492 e. The molecule has 25 heavy (non-hydrogen) atoms. The number of nitrogens with zero attached hydrogens (tertiary/aromatic N) is 2. The van der Waals surface area contributed by atoms with E-state index < -0.39 is 5.82 Å². The highest BCUT2D eigenvalue weighted by molar-refractivity contribution is 5.79. The first-order chi connectivity index (χ1) is 12.1. The Morgan fingerprint density at radius 2 is 1.96 bits per heavy atom. The second-order valence-electron chi connectivity index (χ2n) is 5.43. The molecular formula is C19H21FN4O. The lowest BCUT2D eigenvalue weighted by atomic mass is 10.1. The zero-order valence-electron chi connectivity index (χ0n) is 14.3. The molecule has 0 bridgehead atoms. The van der Waals surface area contributed by atoms with Crippen LogP contribution in [0.3, 0.4) is 0 Å². The fourth-order valence-electron chi connectivity index (χ4n) is 2.13. The molecule has 0 aliphatic carbocycles. The fraction of sp³-hybridized carbons (Fsp3) is 0.263. The van der Waals surface area contributed by atoms with Crippen molar-refractivity contribution in [1.82, 2.24) is 10.6 Å². The van der Waals surface area contributed by atoms with Gasteiger partial charge in [-0.05, 0) is 31.2 Å². The first-order valence-corrected chi connectivity index (χ1v) is 7.95. The Morgan fingerprint density at radius 3 is 2.60 bits per heavy atom. The molecule has 5 nitrogen and oxygen atoms in total. The van der Waals surface area contributed by atoms with E-state index in [9.17, 15) is 4.39 Å². The van der Waals surface area contributed by atoms with Gasteiger partial charge in [-0.25, -0.2) is 4.39 Å². The first-order valence-electron chi connectivity index (χ1n) is 7.95. The van der Waals surface area contributed by atoms with E-state index >= 15 is 0 Å². The molecule has 0 spiro atoms. The molecule has 0 heterocycles. The minimum Gasteiger partial charge on any atom is -0.492 e. The normalized spacial score (nSPS) is 10.9. The summed E-state index contributed by atoms with van der Waals surface area (Å²) in [4.78, 5) is 4.09. The smallest absolute Gasteiger partial charge is 0.191 e. The molecule has 130 valence electrons. The lowest BCUT2D eigenvalue weighted by molar-refractivity contribution is 0.322. The maximum atomic E-state index is 13.8. The van der Waals surface area contributed by atoms with Gasteiger partial charge in [0.1, 0.15) is 18.2 Å². The SMILES string of the molecule is CN=C(NCCOc1ccc(C)cc1)NCc1ccc(C#N)cc1F. The van der Waals surface area contributed by atoms with Gasteiger partial charge >= 0.3 is 0 Å². The predicted octanol–water partition coefficient (Wildman–Crippen LogP) is 2.75. The molecule has 2 rings (SSSR count). The summed E-state index contributed by atoms with van der Waals surface area (Å²) in [5.41, 5.74) is 1.96. The first kappa shape index (κ1) is 18.3. The molecule has 0 saturated carbocycles.